The summed E-state index contributed by atoms with van der Waals surface area (Å²) in [6, 6.07) is 8.31. The van der Waals surface area contributed by atoms with Crippen molar-refractivity contribution in [3.05, 3.63) is 47.2 Å². The minimum atomic E-state index is -0.414. The number of likely N-dealkylation sites (tertiary alicyclic amines) is 2. The molecule has 3 aliphatic heterocycles. The molecule has 1 aromatic carbocycles. The smallest absolute Gasteiger partial charge is 0.288 e. The van der Waals surface area contributed by atoms with Crippen LogP contribution < -0.4 is 0 Å². The summed E-state index contributed by atoms with van der Waals surface area (Å²) in [5, 5.41) is 9.17. The molecule has 6 nitrogen and oxygen atoms in total. The second-order valence-electron chi connectivity index (χ2n) is 9.20. The first-order chi connectivity index (χ1) is 15.1. The van der Waals surface area contributed by atoms with E-state index < -0.39 is 6.29 Å². The van der Waals surface area contributed by atoms with Gasteiger partial charge in [-0.25, -0.2) is 0 Å². The number of carbonyl (C=O) groups is 1. The molecule has 3 heterocycles. The lowest BCUT2D eigenvalue weighted by molar-refractivity contribution is -0.158. The molecule has 3 aliphatic rings. The van der Waals surface area contributed by atoms with Crippen LogP contribution in [0.3, 0.4) is 0 Å². The van der Waals surface area contributed by atoms with E-state index in [-0.39, 0.29) is 18.4 Å². The molecule has 6 heteroatoms. The van der Waals surface area contributed by atoms with Gasteiger partial charge in [0.25, 0.3) is 5.91 Å². The maximum atomic E-state index is 13.1. The van der Waals surface area contributed by atoms with E-state index in [0.717, 1.165) is 43.5 Å². The Morgan fingerprint density at radius 2 is 1.74 bits per heavy atom. The number of amides is 1. The molecule has 2 atom stereocenters. The SMILES string of the molecule is C[C@@H]1C=C(C(=O)N2CCC(N3CCCCC3)CC2)O[C@H](OCc2ccc(CO)cc2)C1. The third kappa shape index (κ3) is 5.88. The van der Waals surface area contributed by atoms with E-state index in [4.69, 9.17) is 14.6 Å². The Morgan fingerprint density at radius 3 is 2.42 bits per heavy atom. The zero-order valence-corrected chi connectivity index (χ0v) is 18.7. The molecule has 0 unspecified atom stereocenters. The first-order valence-electron chi connectivity index (χ1n) is 11.8. The average molecular weight is 429 g/mol. The second kappa shape index (κ2) is 10.6. The van der Waals surface area contributed by atoms with Crippen LogP contribution in [-0.2, 0) is 27.5 Å². The molecule has 0 saturated carbocycles. The highest BCUT2D eigenvalue weighted by Gasteiger charge is 2.32. The van der Waals surface area contributed by atoms with Gasteiger partial charge in [0.1, 0.15) is 0 Å². The van der Waals surface area contributed by atoms with E-state index in [2.05, 4.69) is 11.8 Å². The van der Waals surface area contributed by atoms with Crippen LogP contribution in [0.25, 0.3) is 0 Å². The molecule has 31 heavy (non-hydrogen) atoms. The molecule has 2 fully saturated rings. The van der Waals surface area contributed by atoms with Crippen molar-refractivity contribution < 1.29 is 19.4 Å². The van der Waals surface area contributed by atoms with Crippen molar-refractivity contribution in [3.63, 3.8) is 0 Å². The van der Waals surface area contributed by atoms with Crippen LogP contribution in [0, 0.1) is 5.92 Å². The third-order valence-corrected chi connectivity index (χ3v) is 6.77. The highest BCUT2D eigenvalue weighted by atomic mass is 16.7. The number of nitrogens with zero attached hydrogens (tertiary/aromatic N) is 2. The third-order valence-electron chi connectivity index (χ3n) is 6.77. The fourth-order valence-electron chi connectivity index (χ4n) is 4.89. The number of hydrogen-bond donors (Lipinski definition) is 1. The molecule has 0 radical (unpaired) electrons. The molecule has 4 rings (SSSR count). The minimum absolute atomic E-state index is 0.00421. The first-order valence-corrected chi connectivity index (χ1v) is 11.8. The van der Waals surface area contributed by atoms with Gasteiger partial charge >= 0.3 is 0 Å². The Balaban J connectivity index is 1.27. The Bertz CT molecular complexity index is 749. The predicted octanol–water partition coefficient (Wildman–Crippen LogP) is 3.44. The largest absolute Gasteiger partial charge is 0.459 e. The topological polar surface area (TPSA) is 62.2 Å². The fourth-order valence-corrected chi connectivity index (χ4v) is 4.89. The Hall–Kier alpha value is -1.89. The highest BCUT2D eigenvalue weighted by Crippen LogP contribution is 2.27. The molecular weight excluding hydrogens is 392 g/mol. The van der Waals surface area contributed by atoms with Crippen LogP contribution in [0.4, 0.5) is 0 Å². The van der Waals surface area contributed by atoms with Gasteiger partial charge in [0.05, 0.1) is 13.2 Å². The molecule has 0 bridgehead atoms. The van der Waals surface area contributed by atoms with Gasteiger partial charge in [0.15, 0.2) is 5.76 Å². The Morgan fingerprint density at radius 1 is 1.06 bits per heavy atom. The van der Waals surface area contributed by atoms with Gasteiger partial charge in [-0.15, -0.1) is 0 Å². The van der Waals surface area contributed by atoms with Gasteiger partial charge in [-0.1, -0.05) is 37.6 Å². The van der Waals surface area contributed by atoms with E-state index >= 15 is 0 Å². The maximum Gasteiger partial charge on any atom is 0.288 e. The van der Waals surface area contributed by atoms with E-state index in [1.165, 1.54) is 32.4 Å². The lowest BCUT2D eigenvalue weighted by Gasteiger charge is -2.40. The standard InChI is InChI=1S/C25H36N2O4/c1-19-15-23(31-24(16-19)30-18-21-7-5-20(17-28)6-8-21)25(29)27-13-9-22(10-14-27)26-11-3-2-4-12-26/h5-8,15,19,22,24,28H,2-4,9-14,16-18H2,1H3/t19-,24+/m1/s1. The minimum Gasteiger partial charge on any atom is -0.459 e. The summed E-state index contributed by atoms with van der Waals surface area (Å²) >= 11 is 0. The summed E-state index contributed by atoms with van der Waals surface area (Å²) in [5.74, 6) is 0.681. The van der Waals surface area contributed by atoms with Crippen molar-refractivity contribution in [2.75, 3.05) is 26.2 Å². The Labute approximate surface area is 185 Å². The number of hydrogen-bond acceptors (Lipinski definition) is 5. The average Bonchev–Trinajstić information content (AvgIpc) is 2.83. The van der Waals surface area contributed by atoms with Gasteiger partial charge in [0.2, 0.25) is 6.29 Å². The van der Waals surface area contributed by atoms with Crippen LogP contribution >= 0.6 is 0 Å². The number of ether oxygens (including phenoxy) is 2. The summed E-state index contributed by atoms with van der Waals surface area (Å²) in [6.07, 6.45) is 8.36. The van der Waals surface area contributed by atoms with Crippen molar-refractivity contribution in [1.29, 1.82) is 0 Å². The predicted molar refractivity (Wildman–Crippen MR) is 119 cm³/mol. The van der Waals surface area contributed by atoms with Crippen molar-refractivity contribution >= 4 is 5.91 Å². The van der Waals surface area contributed by atoms with Crippen molar-refractivity contribution in [3.8, 4) is 0 Å². The van der Waals surface area contributed by atoms with Crippen molar-refractivity contribution in [1.82, 2.24) is 9.80 Å². The van der Waals surface area contributed by atoms with Crippen LogP contribution in [0.15, 0.2) is 36.1 Å². The molecule has 0 aliphatic carbocycles. The molecule has 1 amide bonds. The highest BCUT2D eigenvalue weighted by molar-refractivity contribution is 5.91. The number of allylic oxidation sites excluding steroid dienone is 1. The first kappa shape index (κ1) is 22.3. The van der Waals surface area contributed by atoms with Crippen molar-refractivity contribution in [2.24, 2.45) is 5.92 Å². The van der Waals surface area contributed by atoms with E-state index in [1.807, 2.05) is 35.2 Å². The van der Waals surface area contributed by atoms with Crippen LogP contribution in [-0.4, -0.2) is 59.3 Å². The molecule has 170 valence electrons. The molecule has 1 N–H and O–H groups in total. The Kier molecular flexibility index (Phi) is 7.64. The monoisotopic (exact) mass is 428 g/mol. The second-order valence-corrected chi connectivity index (χ2v) is 9.20. The summed E-state index contributed by atoms with van der Waals surface area (Å²) in [6.45, 7) is 6.60. The molecule has 1 aromatic rings. The van der Waals surface area contributed by atoms with Gasteiger partial charge in [-0.05, 0) is 61.9 Å². The number of aliphatic hydroxyl groups is 1. The molecule has 0 spiro atoms. The zero-order chi connectivity index (χ0) is 21.6. The van der Waals surface area contributed by atoms with Crippen LogP contribution in [0.1, 0.15) is 56.6 Å². The summed E-state index contributed by atoms with van der Waals surface area (Å²) < 4.78 is 12.0. The summed E-state index contributed by atoms with van der Waals surface area (Å²) in [7, 11) is 0. The number of rotatable bonds is 6. The number of carbonyl (C=O) groups excluding carboxylic acids is 1. The molecular formula is C25H36N2O4. The van der Waals surface area contributed by atoms with Crippen LogP contribution in [0.5, 0.6) is 0 Å². The summed E-state index contributed by atoms with van der Waals surface area (Å²) in [5.41, 5.74) is 1.90. The number of aliphatic hydroxyl groups excluding tert-OH is 1. The zero-order valence-electron chi connectivity index (χ0n) is 18.7. The lowest BCUT2D eigenvalue weighted by atomic mass is 9.99. The number of benzene rings is 1. The van der Waals surface area contributed by atoms with Gasteiger partial charge in [-0.3, -0.25) is 4.79 Å². The molecule has 2 saturated heterocycles. The van der Waals surface area contributed by atoms with Gasteiger partial charge in [-0.2, -0.15) is 0 Å². The fraction of sp³-hybridized carbons (Fsp3) is 0.640. The van der Waals surface area contributed by atoms with Crippen LogP contribution in [0.2, 0.25) is 0 Å². The maximum absolute atomic E-state index is 13.1. The van der Waals surface area contributed by atoms with Crippen molar-refractivity contribution in [2.45, 2.75) is 71.0 Å². The lowest BCUT2D eigenvalue weighted by Crippen LogP contribution is -2.49. The molecule has 0 aromatic heterocycles. The van der Waals surface area contributed by atoms with E-state index in [9.17, 15) is 4.79 Å². The van der Waals surface area contributed by atoms with Gasteiger partial charge < -0.3 is 24.4 Å². The quantitative estimate of drug-likeness (QED) is 0.752. The van der Waals surface area contributed by atoms with E-state index in [0.29, 0.717) is 18.4 Å². The normalized spacial score (nSPS) is 25.7. The summed E-state index contributed by atoms with van der Waals surface area (Å²) in [4.78, 5) is 17.7. The van der Waals surface area contributed by atoms with Gasteiger partial charge in [0, 0.05) is 25.6 Å². The van der Waals surface area contributed by atoms with E-state index in [1.54, 1.807) is 0 Å². The number of piperidine rings is 2.